The molecule has 0 atom stereocenters. The van der Waals surface area contributed by atoms with Gasteiger partial charge in [-0.1, -0.05) is 58.3 Å². The van der Waals surface area contributed by atoms with Gasteiger partial charge in [0.25, 0.3) is 0 Å². The molecule has 0 aliphatic heterocycles. The second kappa shape index (κ2) is 19.6. The number of hydrogen-bond acceptors (Lipinski definition) is 0. The summed E-state index contributed by atoms with van der Waals surface area (Å²) in [6, 6.07) is 0. The predicted octanol–water partition coefficient (Wildman–Crippen LogP) is 5.58. The number of unbranched alkanes of at least 4 members (excludes halogenated alkanes) is 9. The fourth-order valence-corrected chi connectivity index (χ4v) is 1.48. The van der Waals surface area contributed by atoms with Gasteiger partial charge >= 0.3 is 30.0 Å². The normalized spacial score (nSPS) is 9.50. The molecule has 0 aromatic carbocycles. The van der Waals surface area contributed by atoms with Crippen LogP contribution in [0.5, 0.6) is 0 Å². The molecule has 82 valence electrons. The minimum absolute atomic E-state index is 1.19. The SMILES string of the molecule is C[CH-]CCCCCCCCCC.[Zn+][Br]. The Labute approximate surface area is 108 Å². The van der Waals surface area contributed by atoms with Crippen LogP contribution in [0.1, 0.15) is 71.6 Å². The molecule has 0 aliphatic rings. The number of halogens is 1. The van der Waals surface area contributed by atoms with Gasteiger partial charge in [-0.15, -0.1) is 0 Å². The van der Waals surface area contributed by atoms with Gasteiger partial charge in [-0.25, -0.2) is 0 Å². The van der Waals surface area contributed by atoms with Crippen molar-refractivity contribution >= 4 is 13.6 Å². The molecule has 0 saturated heterocycles. The average molecular weight is 315 g/mol. The number of hydrogen-bond donors (Lipinski definition) is 0. The van der Waals surface area contributed by atoms with E-state index in [2.05, 4.69) is 33.9 Å². The maximum absolute atomic E-state index is 3.06. The van der Waals surface area contributed by atoms with Crippen molar-refractivity contribution in [1.29, 1.82) is 0 Å². The molecule has 2 heteroatoms. The first kappa shape index (κ1) is 17.5. The third-order valence-corrected chi connectivity index (χ3v) is 2.35. The average Bonchev–Trinajstić information content (AvgIpc) is 2.25. The fourth-order valence-electron chi connectivity index (χ4n) is 1.48. The van der Waals surface area contributed by atoms with E-state index in [1.165, 1.54) is 74.1 Å². The molecule has 0 nitrogen and oxygen atoms in total. The second-order valence-corrected chi connectivity index (χ2v) is 3.67. The summed E-state index contributed by atoms with van der Waals surface area (Å²) in [5.41, 5.74) is 0. The van der Waals surface area contributed by atoms with Crippen LogP contribution in [0.15, 0.2) is 0 Å². The van der Waals surface area contributed by atoms with Crippen LogP contribution in [0.2, 0.25) is 0 Å². The summed E-state index contributed by atoms with van der Waals surface area (Å²) < 4.78 is 0. The van der Waals surface area contributed by atoms with Crippen LogP contribution < -0.4 is 0 Å². The predicted molar refractivity (Wildman–Crippen MR) is 66.1 cm³/mol. The van der Waals surface area contributed by atoms with Crippen LogP contribution >= 0.6 is 13.6 Å². The second-order valence-electron chi connectivity index (χ2n) is 3.67. The first-order valence-corrected chi connectivity index (χ1v) is 12.9. The summed E-state index contributed by atoms with van der Waals surface area (Å²) in [6.45, 7) is 4.43. The Morgan fingerprint density at radius 2 is 1.29 bits per heavy atom. The molecular formula is C12H25BrZn. The van der Waals surface area contributed by atoms with Gasteiger partial charge in [0.15, 0.2) is 0 Å². The van der Waals surface area contributed by atoms with Gasteiger partial charge in [-0.3, -0.25) is 0 Å². The van der Waals surface area contributed by atoms with E-state index >= 15 is 0 Å². The Balaban J connectivity index is 0. The molecule has 0 bridgehead atoms. The molecule has 0 spiro atoms. The van der Waals surface area contributed by atoms with Gasteiger partial charge in [-0.05, 0) is 0 Å². The third-order valence-electron chi connectivity index (χ3n) is 2.35. The molecule has 14 heavy (non-hydrogen) atoms. The van der Waals surface area contributed by atoms with Gasteiger partial charge in [-0.2, -0.15) is 13.3 Å². The summed E-state index contributed by atoms with van der Waals surface area (Å²) in [5.74, 6) is 0. The Morgan fingerprint density at radius 3 is 1.71 bits per heavy atom. The van der Waals surface area contributed by atoms with E-state index < -0.39 is 0 Å². The quantitative estimate of drug-likeness (QED) is 0.296. The summed E-state index contributed by atoms with van der Waals surface area (Å²) in [6.07, 6.45) is 15.1. The maximum atomic E-state index is 3.06. The molecule has 0 N–H and O–H groups in total. The van der Waals surface area contributed by atoms with Crippen LogP contribution in [0.4, 0.5) is 0 Å². The third kappa shape index (κ3) is 18.8. The van der Waals surface area contributed by atoms with Crippen molar-refractivity contribution in [2.24, 2.45) is 0 Å². The van der Waals surface area contributed by atoms with Gasteiger partial charge in [0.05, 0.1) is 0 Å². The van der Waals surface area contributed by atoms with E-state index in [1.807, 2.05) is 0 Å². The van der Waals surface area contributed by atoms with E-state index in [1.54, 1.807) is 0 Å². The van der Waals surface area contributed by atoms with Crippen molar-refractivity contribution in [2.45, 2.75) is 71.6 Å². The van der Waals surface area contributed by atoms with Crippen LogP contribution in [-0.4, -0.2) is 0 Å². The molecular weight excluding hydrogens is 289 g/mol. The van der Waals surface area contributed by atoms with E-state index in [9.17, 15) is 0 Å². The zero-order valence-electron chi connectivity index (χ0n) is 10.0. The molecule has 0 aromatic rings. The molecule has 0 aromatic heterocycles. The Bertz CT molecular complexity index is 66.7. The van der Waals surface area contributed by atoms with Crippen LogP contribution in [0.25, 0.3) is 0 Å². The molecule has 0 heterocycles. The Morgan fingerprint density at radius 1 is 0.857 bits per heavy atom. The van der Waals surface area contributed by atoms with Gasteiger partial charge in [0, 0.05) is 0 Å². The molecule has 0 radical (unpaired) electrons. The van der Waals surface area contributed by atoms with E-state index in [-0.39, 0.29) is 0 Å². The van der Waals surface area contributed by atoms with Crippen molar-refractivity contribution in [2.75, 3.05) is 0 Å². The zero-order valence-corrected chi connectivity index (χ0v) is 14.6. The van der Waals surface area contributed by atoms with Gasteiger partial charge in [0.1, 0.15) is 0 Å². The molecule has 0 amide bonds. The van der Waals surface area contributed by atoms with E-state index in [0.717, 1.165) is 0 Å². The summed E-state index contributed by atoms with van der Waals surface area (Å²) in [4.78, 5) is 0. The molecule has 0 fully saturated rings. The molecule has 0 unspecified atom stereocenters. The molecule has 0 rings (SSSR count). The standard InChI is InChI=1S/C12H25.BrH.Zn/c1-3-5-7-9-11-12-10-8-6-4-2;;/h3H,4-12H2,1-2H3;1H;/q-1;;+2/p-1. The summed E-state index contributed by atoms with van der Waals surface area (Å²) in [7, 11) is 0. The summed E-state index contributed by atoms with van der Waals surface area (Å²) >= 11 is 4.25. The van der Waals surface area contributed by atoms with Crippen molar-refractivity contribution in [3.63, 3.8) is 0 Å². The van der Waals surface area contributed by atoms with Crippen LogP contribution in [-0.2, 0) is 16.3 Å². The van der Waals surface area contributed by atoms with Crippen molar-refractivity contribution in [3.8, 4) is 0 Å². The fraction of sp³-hybridized carbons (Fsp3) is 0.917. The number of rotatable bonds is 9. The minimum atomic E-state index is 1.19. The monoisotopic (exact) mass is 312 g/mol. The van der Waals surface area contributed by atoms with Crippen LogP contribution in [0, 0.1) is 6.42 Å². The van der Waals surface area contributed by atoms with Crippen molar-refractivity contribution < 1.29 is 16.3 Å². The van der Waals surface area contributed by atoms with E-state index in [0.29, 0.717) is 0 Å². The van der Waals surface area contributed by atoms with Crippen LogP contribution in [0.3, 0.4) is 0 Å². The topological polar surface area (TPSA) is 0 Å². The van der Waals surface area contributed by atoms with Crippen molar-refractivity contribution in [3.05, 3.63) is 6.42 Å². The summed E-state index contributed by atoms with van der Waals surface area (Å²) in [5, 5.41) is 0. The Kier molecular flexibility index (Phi) is 24.5. The first-order valence-electron chi connectivity index (χ1n) is 5.96. The van der Waals surface area contributed by atoms with E-state index in [4.69, 9.17) is 0 Å². The van der Waals surface area contributed by atoms with Crippen molar-refractivity contribution in [1.82, 2.24) is 0 Å². The molecule has 0 aliphatic carbocycles. The molecule has 0 saturated carbocycles. The zero-order chi connectivity index (χ0) is 11.1. The van der Waals surface area contributed by atoms with Gasteiger partial charge in [0.2, 0.25) is 0 Å². The van der Waals surface area contributed by atoms with Gasteiger partial charge < -0.3 is 6.42 Å². The Hall–Kier alpha value is 1.10. The first-order chi connectivity index (χ1) is 6.91.